The van der Waals surface area contributed by atoms with Gasteiger partial charge < -0.3 is 25.2 Å². The van der Waals surface area contributed by atoms with Crippen molar-refractivity contribution in [2.24, 2.45) is 0 Å². The quantitative estimate of drug-likeness (QED) is 0.571. The third-order valence-electron chi connectivity index (χ3n) is 4.04. The molecule has 0 spiro atoms. The number of methoxy groups -OCH3 is 1. The Balaban J connectivity index is 1.73. The van der Waals surface area contributed by atoms with Gasteiger partial charge in [-0.3, -0.25) is 4.79 Å². The minimum Gasteiger partial charge on any atom is -0.493 e. The molecule has 1 aliphatic rings. The van der Waals surface area contributed by atoms with Gasteiger partial charge in [0, 0.05) is 10.7 Å². The van der Waals surface area contributed by atoms with Gasteiger partial charge in [0.1, 0.15) is 0 Å². The average Bonchev–Trinajstić information content (AvgIpc) is 3.01. The molecule has 7 nitrogen and oxygen atoms in total. The second-order valence-corrected chi connectivity index (χ2v) is 7.76. The van der Waals surface area contributed by atoms with Crippen LogP contribution in [0.3, 0.4) is 0 Å². The summed E-state index contributed by atoms with van der Waals surface area (Å²) in [5.41, 5.74) is 2.28. The number of carboxylic acid groups (broad SMARTS) is 1. The van der Waals surface area contributed by atoms with Crippen molar-refractivity contribution in [3.63, 3.8) is 0 Å². The zero-order valence-corrected chi connectivity index (χ0v) is 17.3. The molecule has 0 aliphatic carbocycles. The molecular formula is C20H19ClN2O5S. The number of aliphatic carboxylic acids is 1. The van der Waals surface area contributed by atoms with Crippen LogP contribution >= 0.6 is 23.4 Å². The lowest BCUT2D eigenvalue weighted by Crippen LogP contribution is -2.31. The van der Waals surface area contributed by atoms with Crippen LogP contribution in [0, 0.1) is 6.92 Å². The van der Waals surface area contributed by atoms with Crippen LogP contribution in [-0.2, 0) is 9.59 Å². The van der Waals surface area contributed by atoms with Crippen LogP contribution in [0.2, 0.25) is 5.02 Å². The van der Waals surface area contributed by atoms with E-state index in [0.717, 1.165) is 16.8 Å². The molecular weight excluding hydrogens is 416 g/mol. The number of hydrogen-bond acceptors (Lipinski definition) is 6. The monoisotopic (exact) mass is 434 g/mol. The number of hydrogen-bond donors (Lipinski definition) is 3. The van der Waals surface area contributed by atoms with Gasteiger partial charge in [-0.2, -0.15) is 0 Å². The first-order valence-corrected chi connectivity index (χ1v) is 9.86. The lowest BCUT2D eigenvalue weighted by atomic mass is 10.2. The second-order valence-electron chi connectivity index (χ2n) is 6.18. The normalized spacial score (nSPS) is 17.1. The van der Waals surface area contributed by atoms with Crippen LogP contribution in [0.5, 0.6) is 11.5 Å². The average molecular weight is 435 g/mol. The summed E-state index contributed by atoms with van der Waals surface area (Å²) in [6, 6.07) is 10.5. The fraction of sp³-hybridized carbons (Fsp3) is 0.200. The molecule has 1 amide bonds. The van der Waals surface area contributed by atoms with Crippen molar-refractivity contribution in [3.8, 4) is 11.5 Å². The van der Waals surface area contributed by atoms with Crippen molar-refractivity contribution >= 4 is 47.0 Å². The standard InChI is InChI=1S/C20H19ClN2O5S/c1-11-7-13(21)4-5-14(11)22-20-23-19(26)17(29-20)9-12-3-6-15(16(8-12)27-2)28-10-18(24)25/h3-9,20,22H,10H2,1-2H3,(H,23,26)(H,24,25)/b17-9-. The van der Waals surface area contributed by atoms with Crippen LogP contribution in [0.4, 0.5) is 5.69 Å². The van der Waals surface area contributed by atoms with Crippen molar-refractivity contribution in [2.75, 3.05) is 19.0 Å². The number of aryl methyl sites for hydroxylation is 1. The molecule has 2 aromatic rings. The molecule has 9 heteroatoms. The molecule has 1 heterocycles. The molecule has 152 valence electrons. The van der Waals surface area contributed by atoms with E-state index in [1.54, 1.807) is 30.3 Å². The van der Waals surface area contributed by atoms with E-state index < -0.39 is 12.6 Å². The fourth-order valence-electron chi connectivity index (χ4n) is 2.68. The van der Waals surface area contributed by atoms with Crippen molar-refractivity contribution < 1.29 is 24.2 Å². The smallest absolute Gasteiger partial charge is 0.341 e. The minimum atomic E-state index is -1.08. The van der Waals surface area contributed by atoms with E-state index in [4.69, 9.17) is 26.2 Å². The molecule has 3 rings (SSSR count). The second kappa shape index (κ2) is 9.11. The topological polar surface area (TPSA) is 96.9 Å². The number of thioether (sulfide) groups is 1. The Morgan fingerprint density at radius 2 is 2.10 bits per heavy atom. The molecule has 1 saturated heterocycles. The summed E-state index contributed by atoms with van der Waals surface area (Å²) >= 11 is 7.34. The highest BCUT2D eigenvalue weighted by molar-refractivity contribution is 8.05. The molecule has 3 N–H and O–H groups in total. The number of halogens is 1. The highest BCUT2D eigenvalue weighted by Gasteiger charge is 2.27. The first-order valence-electron chi connectivity index (χ1n) is 8.60. The summed E-state index contributed by atoms with van der Waals surface area (Å²) in [6.07, 6.45) is 1.74. The molecule has 29 heavy (non-hydrogen) atoms. The van der Waals surface area contributed by atoms with E-state index in [-0.39, 0.29) is 11.4 Å². The summed E-state index contributed by atoms with van der Waals surface area (Å²) in [5, 5.41) is 15.5. The van der Waals surface area contributed by atoms with Crippen molar-refractivity contribution in [2.45, 2.75) is 12.4 Å². The van der Waals surface area contributed by atoms with Gasteiger partial charge in [0.15, 0.2) is 23.6 Å². The van der Waals surface area contributed by atoms with Crippen LogP contribution in [0.15, 0.2) is 41.3 Å². The minimum absolute atomic E-state index is 0.190. The Morgan fingerprint density at radius 3 is 2.79 bits per heavy atom. The number of benzene rings is 2. The number of carbonyl (C=O) groups excluding carboxylic acids is 1. The van der Waals surface area contributed by atoms with Crippen molar-refractivity contribution in [1.82, 2.24) is 5.32 Å². The largest absolute Gasteiger partial charge is 0.493 e. The Kier molecular flexibility index (Phi) is 6.56. The molecule has 1 unspecified atom stereocenters. The number of rotatable bonds is 7. The molecule has 2 aromatic carbocycles. The molecule has 0 saturated carbocycles. The van der Waals surface area contributed by atoms with Gasteiger partial charge in [0.25, 0.3) is 5.91 Å². The molecule has 1 aliphatic heterocycles. The maximum Gasteiger partial charge on any atom is 0.341 e. The molecule has 1 atom stereocenters. The van der Waals surface area contributed by atoms with E-state index in [1.165, 1.54) is 18.9 Å². The lowest BCUT2D eigenvalue weighted by Gasteiger charge is -2.15. The number of nitrogens with one attached hydrogen (secondary N) is 2. The third kappa shape index (κ3) is 5.36. The van der Waals surface area contributed by atoms with Gasteiger partial charge >= 0.3 is 5.97 Å². The highest BCUT2D eigenvalue weighted by Crippen LogP contribution is 2.34. The van der Waals surface area contributed by atoms with E-state index >= 15 is 0 Å². The molecule has 1 fully saturated rings. The van der Waals surface area contributed by atoms with Gasteiger partial charge in [0.2, 0.25) is 0 Å². The van der Waals surface area contributed by atoms with Crippen LogP contribution < -0.4 is 20.1 Å². The number of anilines is 1. The summed E-state index contributed by atoms with van der Waals surface area (Å²) in [7, 11) is 1.46. The summed E-state index contributed by atoms with van der Waals surface area (Å²) < 4.78 is 10.4. The molecule has 0 radical (unpaired) electrons. The fourth-order valence-corrected chi connectivity index (χ4v) is 3.88. The van der Waals surface area contributed by atoms with E-state index in [1.807, 2.05) is 19.1 Å². The van der Waals surface area contributed by atoms with Crippen LogP contribution in [0.25, 0.3) is 6.08 Å². The van der Waals surface area contributed by atoms with Gasteiger partial charge in [-0.1, -0.05) is 29.4 Å². The van der Waals surface area contributed by atoms with Crippen LogP contribution in [-0.4, -0.2) is 36.2 Å². The van der Waals surface area contributed by atoms with Gasteiger partial charge in [-0.25, -0.2) is 4.79 Å². The predicted octanol–water partition coefficient (Wildman–Crippen LogP) is 3.72. The summed E-state index contributed by atoms with van der Waals surface area (Å²) in [4.78, 5) is 23.5. The Hall–Kier alpha value is -2.84. The molecule has 0 aromatic heterocycles. The summed E-state index contributed by atoms with van der Waals surface area (Å²) in [6.45, 7) is 1.47. The highest BCUT2D eigenvalue weighted by atomic mass is 35.5. The number of carbonyl (C=O) groups is 2. The lowest BCUT2D eigenvalue weighted by molar-refractivity contribution is -0.139. The Labute approximate surface area is 177 Å². The van der Waals surface area contributed by atoms with Crippen LogP contribution in [0.1, 0.15) is 11.1 Å². The first-order chi connectivity index (χ1) is 13.9. The maximum absolute atomic E-state index is 12.3. The SMILES string of the molecule is COc1cc(/C=C2\SC(Nc3ccc(Cl)cc3C)NC2=O)ccc1OCC(=O)O. The summed E-state index contributed by atoms with van der Waals surface area (Å²) in [5.74, 6) is -0.565. The predicted molar refractivity (Wildman–Crippen MR) is 113 cm³/mol. The van der Waals surface area contributed by atoms with E-state index in [2.05, 4.69) is 10.6 Å². The molecule has 0 bridgehead atoms. The maximum atomic E-state index is 12.3. The number of ether oxygens (including phenoxy) is 2. The van der Waals surface area contributed by atoms with Gasteiger partial charge in [0.05, 0.1) is 12.0 Å². The zero-order valence-electron chi connectivity index (χ0n) is 15.7. The third-order valence-corrected chi connectivity index (χ3v) is 5.31. The Bertz CT molecular complexity index is 979. The number of carboxylic acids is 1. The van der Waals surface area contributed by atoms with Gasteiger partial charge in [-0.15, -0.1) is 0 Å². The zero-order chi connectivity index (χ0) is 21.0. The van der Waals surface area contributed by atoms with E-state index in [0.29, 0.717) is 21.4 Å². The van der Waals surface area contributed by atoms with Gasteiger partial charge in [-0.05, 0) is 54.5 Å². The first kappa shape index (κ1) is 20.9. The number of amides is 1. The van der Waals surface area contributed by atoms with Crippen molar-refractivity contribution in [3.05, 3.63) is 57.5 Å². The Morgan fingerprint density at radius 1 is 1.31 bits per heavy atom. The van der Waals surface area contributed by atoms with E-state index in [9.17, 15) is 9.59 Å². The van der Waals surface area contributed by atoms with Crippen molar-refractivity contribution in [1.29, 1.82) is 0 Å².